The lowest BCUT2D eigenvalue weighted by atomic mass is 10.1. The highest BCUT2D eigenvalue weighted by molar-refractivity contribution is 5.94. The van der Waals surface area contributed by atoms with Gasteiger partial charge >= 0.3 is 0 Å². The van der Waals surface area contributed by atoms with E-state index in [-0.39, 0.29) is 11.9 Å². The number of ether oxygens (including phenoxy) is 1. The summed E-state index contributed by atoms with van der Waals surface area (Å²) in [6.07, 6.45) is 0.688. The zero-order valence-electron chi connectivity index (χ0n) is 15.3. The molecule has 0 saturated heterocycles. The van der Waals surface area contributed by atoms with Crippen molar-refractivity contribution in [2.24, 2.45) is 0 Å². The molecule has 1 amide bonds. The normalized spacial score (nSPS) is 17.3. The summed E-state index contributed by atoms with van der Waals surface area (Å²) in [4.78, 5) is 19.3. The van der Waals surface area contributed by atoms with Gasteiger partial charge in [0.05, 0.1) is 0 Å². The fourth-order valence-corrected chi connectivity index (χ4v) is 3.31. The Morgan fingerprint density at radius 2 is 1.96 bits per heavy atom. The quantitative estimate of drug-likeness (QED) is 0.848. The Kier molecular flexibility index (Phi) is 5.13. The summed E-state index contributed by atoms with van der Waals surface area (Å²) in [6, 6.07) is 3.77. The Bertz CT molecular complexity index is 751. The molecule has 0 unspecified atom stereocenters. The molecule has 1 aliphatic rings. The van der Waals surface area contributed by atoms with Gasteiger partial charge in [-0.2, -0.15) is 0 Å². The molecule has 134 valence electrons. The molecule has 0 N–H and O–H groups in total. The molecule has 0 fully saturated rings. The van der Waals surface area contributed by atoms with E-state index in [1.807, 2.05) is 37.8 Å². The van der Waals surface area contributed by atoms with Crippen molar-refractivity contribution in [3.8, 4) is 0 Å². The monoisotopic (exact) mass is 343 g/mol. The van der Waals surface area contributed by atoms with Gasteiger partial charge < -0.3 is 14.2 Å². The van der Waals surface area contributed by atoms with Crippen molar-refractivity contribution in [2.75, 3.05) is 13.2 Å². The molecule has 0 bridgehead atoms. The molecule has 2 aromatic rings. The van der Waals surface area contributed by atoms with E-state index in [1.54, 1.807) is 0 Å². The first kappa shape index (κ1) is 17.5. The summed E-state index contributed by atoms with van der Waals surface area (Å²) in [7, 11) is 0. The van der Waals surface area contributed by atoms with Crippen LogP contribution < -0.4 is 0 Å². The highest BCUT2D eigenvalue weighted by atomic mass is 16.5. The number of rotatable bonds is 4. The molecule has 25 heavy (non-hydrogen) atoms. The minimum atomic E-state index is 0.0474. The smallest absolute Gasteiger partial charge is 0.254 e. The Balaban J connectivity index is 1.81. The maximum atomic E-state index is 13.0. The van der Waals surface area contributed by atoms with Crippen molar-refractivity contribution in [1.29, 1.82) is 0 Å². The average molecular weight is 343 g/mol. The van der Waals surface area contributed by atoms with E-state index in [9.17, 15) is 4.79 Å². The highest BCUT2D eigenvalue weighted by Gasteiger charge is 2.28. The lowest BCUT2D eigenvalue weighted by Gasteiger charge is -2.27. The first-order valence-electron chi connectivity index (χ1n) is 8.74. The Labute approximate surface area is 148 Å². The van der Waals surface area contributed by atoms with Crippen LogP contribution in [0.1, 0.15) is 47.2 Å². The molecule has 0 spiro atoms. The van der Waals surface area contributed by atoms with Crippen LogP contribution in [0.3, 0.4) is 0 Å². The average Bonchev–Trinajstić information content (AvgIpc) is 2.85. The van der Waals surface area contributed by atoms with Crippen LogP contribution in [0.5, 0.6) is 0 Å². The molecule has 0 aliphatic carbocycles. The topological polar surface area (TPSA) is 73.1 Å². The molecule has 1 aliphatic heterocycles. The number of nitrogens with zero attached hydrogens (tertiary/aromatic N) is 5. The third-order valence-electron chi connectivity index (χ3n) is 4.50. The number of carbonyl (C=O) groups excluding carboxylic acids is 1. The molecule has 3 heterocycles. The molecule has 0 saturated carbocycles. The number of hydrogen-bond acceptors (Lipinski definition) is 5. The second-order valence-corrected chi connectivity index (χ2v) is 6.51. The number of pyridine rings is 1. The summed E-state index contributed by atoms with van der Waals surface area (Å²) in [5.41, 5.74) is 2.42. The zero-order chi connectivity index (χ0) is 18.0. The van der Waals surface area contributed by atoms with Crippen LogP contribution in [0.25, 0.3) is 0 Å². The van der Waals surface area contributed by atoms with E-state index in [0.717, 1.165) is 23.0 Å². The first-order valence-corrected chi connectivity index (χ1v) is 8.74. The number of aromatic nitrogens is 4. The van der Waals surface area contributed by atoms with Gasteiger partial charge in [-0.15, -0.1) is 10.2 Å². The number of carbonyl (C=O) groups is 1. The van der Waals surface area contributed by atoms with Gasteiger partial charge in [0, 0.05) is 49.1 Å². The van der Waals surface area contributed by atoms with Gasteiger partial charge in [-0.25, -0.2) is 0 Å². The standard InChI is InChI=1S/C18H25N5O2/c1-5-25-11-17-21-20-16-10-14(4)22(6-7-23(16)17)18(24)15-8-12(2)19-13(3)9-15/h8-9,14H,5-7,10-11H2,1-4H3/t14-/m0/s1. The van der Waals surface area contributed by atoms with Crippen LogP contribution in [0, 0.1) is 13.8 Å². The summed E-state index contributed by atoms with van der Waals surface area (Å²) in [6.45, 7) is 10.3. The molecular weight excluding hydrogens is 318 g/mol. The number of fused-ring (bicyclic) bond motifs is 1. The van der Waals surface area contributed by atoms with Gasteiger partial charge in [-0.3, -0.25) is 9.78 Å². The van der Waals surface area contributed by atoms with Gasteiger partial charge in [0.25, 0.3) is 5.91 Å². The Hall–Kier alpha value is -2.28. The van der Waals surface area contributed by atoms with Crippen LogP contribution in [0.2, 0.25) is 0 Å². The second kappa shape index (κ2) is 7.31. The van der Waals surface area contributed by atoms with Crippen LogP contribution in [0.15, 0.2) is 12.1 Å². The van der Waals surface area contributed by atoms with Crippen LogP contribution in [0.4, 0.5) is 0 Å². The predicted octanol–water partition coefficient (Wildman–Crippen LogP) is 1.91. The van der Waals surface area contributed by atoms with Gasteiger partial charge in [-0.05, 0) is 39.8 Å². The van der Waals surface area contributed by atoms with Crippen LogP contribution >= 0.6 is 0 Å². The minimum Gasteiger partial charge on any atom is -0.374 e. The van der Waals surface area contributed by atoms with Crippen molar-refractivity contribution in [1.82, 2.24) is 24.6 Å². The van der Waals surface area contributed by atoms with Crippen LogP contribution in [-0.2, 0) is 24.3 Å². The van der Waals surface area contributed by atoms with Gasteiger partial charge in [-0.1, -0.05) is 0 Å². The van der Waals surface area contributed by atoms with E-state index in [4.69, 9.17) is 4.74 Å². The molecule has 0 aromatic carbocycles. The van der Waals surface area contributed by atoms with Crippen LogP contribution in [-0.4, -0.2) is 49.7 Å². The van der Waals surface area contributed by atoms with E-state index >= 15 is 0 Å². The van der Waals surface area contributed by atoms with E-state index in [0.29, 0.717) is 38.3 Å². The van der Waals surface area contributed by atoms with Gasteiger partial charge in [0.2, 0.25) is 0 Å². The Morgan fingerprint density at radius 3 is 2.64 bits per heavy atom. The molecule has 0 radical (unpaired) electrons. The second-order valence-electron chi connectivity index (χ2n) is 6.51. The minimum absolute atomic E-state index is 0.0474. The molecule has 7 heteroatoms. The summed E-state index contributed by atoms with van der Waals surface area (Å²) < 4.78 is 7.56. The zero-order valence-corrected chi connectivity index (χ0v) is 15.3. The maximum absolute atomic E-state index is 13.0. The first-order chi connectivity index (χ1) is 12.0. The molecule has 3 rings (SSSR count). The largest absolute Gasteiger partial charge is 0.374 e. The molecule has 7 nitrogen and oxygen atoms in total. The summed E-state index contributed by atoms with van der Waals surface area (Å²) in [5.74, 6) is 1.79. The van der Waals surface area contributed by atoms with Crippen molar-refractivity contribution < 1.29 is 9.53 Å². The molecule has 2 aromatic heterocycles. The van der Waals surface area contributed by atoms with Crippen molar-refractivity contribution >= 4 is 5.91 Å². The summed E-state index contributed by atoms with van der Waals surface area (Å²) >= 11 is 0. The predicted molar refractivity (Wildman–Crippen MR) is 93.3 cm³/mol. The fraction of sp³-hybridized carbons (Fsp3) is 0.556. The highest BCUT2D eigenvalue weighted by Crippen LogP contribution is 2.18. The molecular formula is C18H25N5O2. The maximum Gasteiger partial charge on any atom is 0.254 e. The van der Waals surface area contributed by atoms with Gasteiger partial charge in [0.15, 0.2) is 5.82 Å². The Morgan fingerprint density at radius 1 is 1.24 bits per heavy atom. The number of aryl methyl sites for hydroxylation is 2. The van der Waals surface area contributed by atoms with E-state index in [1.165, 1.54) is 0 Å². The summed E-state index contributed by atoms with van der Waals surface area (Å²) in [5, 5.41) is 8.54. The van der Waals surface area contributed by atoms with Crippen molar-refractivity contribution in [3.05, 3.63) is 40.7 Å². The van der Waals surface area contributed by atoms with Crippen molar-refractivity contribution in [2.45, 2.75) is 53.3 Å². The van der Waals surface area contributed by atoms with E-state index < -0.39 is 0 Å². The SMILES string of the molecule is CCOCc1nnc2n1CCN(C(=O)c1cc(C)nc(C)c1)[C@@H](C)C2. The number of hydrogen-bond donors (Lipinski definition) is 0. The molecule has 1 atom stereocenters. The van der Waals surface area contributed by atoms with Gasteiger partial charge in [0.1, 0.15) is 12.4 Å². The fourth-order valence-electron chi connectivity index (χ4n) is 3.31. The van der Waals surface area contributed by atoms with Crippen molar-refractivity contribution in [3.63, 3.8) is 0 Å². The third kappa shape index (κ3) is 3.71. The lowest BCUT2D eigenvalue weighted by Crippen LogP contribution is -2.40. The lowest BCUT2D eigenvalue weighted by molar-refractivity contribution is 0.0694. The third-order valence-corrected chi connectivity index (χ3v) is 4.50. The van der Waals surface area contributed by atoms with E-state index in [2.05, 4.69) is 26.7 Å². The number of amides is 1.